The lowest BCUT2D eigenvalue weighted by Gasteiger charge is -2.21. The second-order valence-electron chi connectivity index (χ2n) is 10.6. The number of hydrogen-bond acceptors (Lipinski definition) is 7. The standard InChI is InChI=1S/C31H26F6N6O3S2/c1-18-3-12-25(45-16-30(32,33)34)24(13-18)43-26(44)15-48-29(43)40-28(47)38-14-19(2)20-4-6-21(7-5-20)27-39-17-42(41-27)22-8-10-23(11-9-22)46-31(35,36)37/h3-13,17,19H,14-16H2,1-2H3,(H,38,47). The van der Waals surface area contributed by atoms with Gasteiger partial charge in [0.1, 0.15) is 17.8 Å². The van der Waals surface area contributed by atoms with Crippen LogP contribution in [0.5, 0.6) is 11.5 Å². The number of benzene rings is 3. The Hall–Kier alpha value is -4.64. The average molecular weight is 709 g/mol. The highest BCUT2D eigenvalue weighted by Gasteiger charge is 2.34. The van der Waals surface area contributed by atoms with E-state index < -0.39 is 19.1 Å². The van der Waals surface area contributed by atoms with Crippen LogP contribution in [0.3, 0.4) is 0 Å². The molecule has 0 spiro atoms. The number of thiocarbonyl (C=S) groups is 1. The van der Waals surface area contributed by atoms with Crippen molar-refractivity contribution in [1.82, 2.24) is 20.1 Å². The molecule has 0 aliphatic carbocycles. The number of anilines is 1. The molecule has 9 nitrogen and oxygen atoms in total. The maximum Gasteiger partial charge on any atom is 0.573 e. The van der Waals surface area contributed by atoms with Crippen molar-refractivity contribution in [3.8, 4) is 28.6 Å². The third-order valence-electron chi connectivity index (χ3n) is 6.83. The molecule has 0 saturated carbocycles. The van der Waals surface area contributed by atoms with Crippen molar-refractivity contribution in [2.75, 3.05) is 23.8 Å². The average Bonchev–Trinajstić information content (AvgIpc) is 3.65. The summed E-state index contributed by atoms with van der Waals surface area (Å²) < 4.78 is 86.1. The van der Waals surface area contributed by atoms with Crippen molar-refractivity contribution in [2.24, 2.45) is 4.99 Å². The van der Waals surface area contributed by atoms with Gasteiger partial charge in [0.2, 0.25) is 5.91 Å². The first-order valence-corrected chi connectivity index (χ1v) is 15.6. The van der Waals surface area contributed by atoms with Crippen molar-refractivity contribution in [1.29, 1.82) is 0 Å². The first-order valence-electron chi connectivity index (χ1n) is 14.2. The van der Waals surface area contributed by atoms with E-state index >= 15 is 0 Å². The number of amides is 1. The van der Waals surface area contributed by atoms with Crippen LogP contribution in [0.15, 0.2) is 78.0 Å². The van der Waals surface area contributed by atoms with Gasteiger partial charge in [0.25, 0.3) is 0 Å². The van der Waals surface area contributed by atoms with Crippen LogP contribution in [0, 0.1) is 6.92 Å². The molecule has 3 aromatic carbocycles. The van der Waals surface area contributed by atoms with Gasteiger partial charge in [0.05, 0.1) is 17.1 Å². The fourth-order valence-corrected chi connectivity index (χ4v) is 5.63. The second-order valence-corrected chi connectivity index (χ2v) is 11.9. The van der Waals surface area contributed by atoms with Crippen LogP contribution in [-0.4, -0.2) is 62.4 Å². The number of alkyl halides is 6. The topological polar surface area (TPSA) is 93.9 Å². The lowest BCUT2D eigenvalue weighted by molar-refractivity contribution is -0.274. The molecule has 1 N–H and O–H groups in total. The number of aromatic nitrogens is 3. The van der Waals surface area contributed by atoms with Crippen LogP contribution in [0.1, 0.15) is 24.0 Å². The minimum absolute atomic E-state index is 0.0340. The molecule has 0 radical (unpaired) electrons. The Morgan fingerprint density at radius 3 is 2.44 bits per heavy atom. The highest BCUT2D eigenvalue weighted by Crippen LogP contribution is 2.36. The zero-order valence-electron chi connectivity index (χ0n) is 25.2. The van der Waals surface area contributed by atoms with Gasteiger partial charge in [-0.2, -0.15) is 18.2 Å². The molecular weight excluding hydrogens is 683 g/mol. The summed E-state index contributed by atoms with van der Waals surface area (Å²) in [7, 11) is 0. The SMILES string of the molecule is Cc1ccc(OCC(F)(F)F)c(N2C(=O)CSC2=NC(=S)NCC(C)c2ccc(-c3ncn(-c4ccc(OC(F)(F)F)cc4)n3)cc2)c1. The molecule has 1 aromatic heterocycles. The summed E-state index contributed by atoms with van der Waals surface area (Å²) in [6.07, 6.45) is -7.89. The largest absolute Gasteiger partial charge is 0.573 e. The molecule has 1 fully saturated rings. The molecule has 1 aliphatic heterocycles. The van der Waals surface area contributed by atoms with E-state index in [0.29, 0.717) is 29.2 Å². The highest BCUT2D eigenvalue weighted by molar-refractivity contribution is 8.15. The zero-order valence-corrected chi connectivity index (χ0v) is 26.8. The number of carbonyl (C=O) groups excluding carboxylic acids is 1. The van der Waals surface area contributed by atoms with Gasteiger partial charge >= 0.3 is 12.5 Å². The number of rotatable bonds is 9. The van der Waals surface area contributed by atoms with E-state index in [1.165, 1.54) is 46.2 Å². The smallest absolute Gasteiger partial charge is 0.482 e. The monoisotopic (exact) mass is 708 g/mol. The van der Waals surface area contributed by atoms with Gasteiger partial charge in [-0.3, -0.25) is 9.69 Å². The summed E-state index contributed by atoms with van der Waals surface area (Å²) in [4.78, 5) is 22.7. The Bertz CT molecular complexity index is 1810. The first kappa shape index (κ1) is 34.7. The van der Waals surface area contributed by atoms with Gasteiger partial charge < -0.3 is 14.8 Å². The Morgan fingerprint density at radius 1 is 1.06 bits per heavy atom. The number of amidine groups is 1. The van der Waals surface area contributed by atoms with Gasteiger partial charge in [0.15, 0.2) is 22.7 Å². The number of carbonyl (C=O) groups is 1. The predicted octanol–water partition coefficient (Wildman–Crippen LogP) is 7.20. The third kappa shape index (κ3) is 9.03. The van der Waals surface area contributed by atoms with Gasteiger partial charge in [-0.05, 0) is 72.6 Å². The maximum atomic E-state index is 12.8. The molecule has 4 aromatic rings. The van der Waals surface area contributed by atoms with Crippen molar-refractivity contribution in [3.63, 3.8) is 0 Å². The number of halogens is 6. The molecule has 252 valence electrons. The fourth-order valence-electron chi connectivity index (χ4n) is 4.53. The maximum absolute atomic E-state index is 12.8. The molecule has 17 heteroatoms. The minimum atomic E-state index is -4.78. The molecule has 1 aliphatic rings. The number of hydrogen-bond donors (Lipinski definition) is 1. The van der Waals surface area contributed by atoms with E-state index in [4.69, 9.17) is 17.0 Å². The zero-order chi connectivity index (χ0) is 34.6. The Balaban J connectivity index is 1.20. The molecule has 2 heterocycles. The summed E-state index contributed by atoms with van der Waals surface area (Å²) >= 11 is 6.52. The fraction of sp³-hybridized carbons (Fsp3) is 0.258. The van der Waals surface area contributed by atoms with Gasteiger partial charge in [-0.1, -0.05) is 49.0 Å². The van der Waals surface area contributed by atoms with E-state index in [-0.39, 0.29) is 45.0 Å². The Kier molecular flexibility index (Phi) is 10.3. The lowest BCUT2D eigenvalue weighted by Crippen LogP contribution is -2.32. The van der Waals surface area contributed by atoms with Crippen LogP contribution in [0.2, 0.25) is 0 Å². The molecule has 1 unspecified atom stereocenters. The molecule has 5 rings (SSSR count). The lowest BCUT2D eigenvalue weighted by atomic mass is 10.00. The number of nitrogens with zero attached hydrogens (tertiary/aromatic N) is 5. The van der Waals surface area contributed by atoms with Crippen LogP contribution >= 0.6 is 24.0 Å². The van der Waals surface area contributed by atoms with E-state index in [9.17, 15) is 31.1 Å². The minimum Gasteiger partial charge on any atom is -0.482 e. The summed E-state index contributed by atoms with van der Waals surface area (Å²) in [5.41, 5.74) is 3.04. The molecular formula is C31H26F6N6O3S2. The number of nitrogens with one attached hydrogen (secondary N) is 1. The van der Waals surface area contributed by atoms with E-state index in [1.807, 2.05) is 31.2 Å². The van der Waals surface area contributed by atoms with Crippen LogP contribution in [-0.2, 0) is 4.79 Å². The third-order valence-corrected chi connectivity index (χ3v) is 7.99. The van der Waals surface area contributed by atoms with Crippen molar-refractivity contribution < 1.29 is 40.6 Å². The summed E-state index contributed by atoms with van der Waals surface area (Å²) in [5, 5.41) is 7.79. The number of aryl methyl sites for hydroxylation is 1. The van der Waals surface area contributed by atoms with E-state index in [2.05, 4.69) is 25.1 Å². The second kappa shape index (κ2) is 14.2. The number of ether oxygens (including phenoxy) is 2. The van der Waals surface area contributed by atoms with Gasteiger partial charge in [-0.15, -0.1) is 18.3 Å². The summed E-state index contributed by atoms with van der Waals surface area (Å²) in [5.74, 6) is -0.407. The normalized spacial score (nSPS) is 15.1. The summed E-state index contributed by atoms with van der Waals surface area (Å²) in [6, 6.07) is 17.2. The molecule has 1 atom stereocenters. The molecule has 1 saturated heterocycles. The van der Waals surface area contributed by atoms with Crippen LogP contribution in [0.4, 0.5) is 32.0 Å². The Labute approximate surface area is 280 Å². The van der Waals surface area contributed by atoms with Crippen molar-refractivity contribution in [3.05, 3.63) is 84.2 Å². The molecule has 1 amide bonds. The summed E-state index contributed by atoms with van der Waals surface area (Å²) in [6.45, 7) is 2.59. The van der Waals surface area contributed by atoms with Gasteiger partial charge in [0, 0.05) is 12.1 Å². The molecule has 0 bridgehead atoms. The van der Waals surface area contributed by atoms with E-state index in [0.717, 1.165) is 17.3 Å². The Morgan fingerprint density at radius 2 is 1.77 bits per heavy atom. The van der Waals surface area contributed by atoms with Crippen molar-refractivity contribution >= 4 is 45.9 Å². The van der Waals surface area contributed by atoms with Gasteiger partial charge in [-0.25, -0.2) is 9.67 Å². The van der Waals surface area contributed by atoms with Crippen LogP contribution in [0.25, 0.3) is 17.1 Å². The van der Waals surface area contributed by atoms with Crippen LogP contribution < -0.4 is 19.7 Å². The number of thioether (sulfide) groups is 1. The predicted molar refractivity (Wildman–Crippen MR) is 173 cm³/mol. The van der Waals surface area contributed by atoms with E-state index in [1.54, 1.807) is 19.1 Å². The van der Waals surface area contributed by atoms with Crippen molar-refractivity contribution in [2.45, 2.75) is 32.3 Å². The first-order chi connectivity index (χ1) is 22.6. The number of aliphatic imine (C=N–C) groups is 1. The quantitative estimate of drug-likeness (QED) is 0.144. The highest BCUT2D eigenvalue weighted by atomic mass is 32.2. The molecule has 48 heavy (non-hydrogen) atoms.